The van der Waals surface area contributed by atoms with E-state index in [1.165, 1.54) is 12.8 Å². The molecule has 1 aliphatic heterocycles. The summed E-state index contributed by atoms with van der Waals surface area (Å²) in [6, 6.07) is 13.5. The number of aryl methyl sites for hydroxylation is 1. The predicted octanol–water partition coefficient (Wildman–Crippen LogP) is 6.26. The Morgan fingerprint density at radius 2 is 1.86 bits per heavy atom. The van der Waals surface area contributed by atoms with Crippen LogP contribution < -0.4 is 14.8 Å². The van der Waals surface area contributed by atoms with E-state index in [0.717, 1.165) is 78.6 Å². The Morgan fingerprint density at radius 1 is 1.11 bits per heavy atom. The van der Waals surface area contributed by atoms with Gasteiger partial charge < -0.3 is 24.3 Å². The predicted molar refractivity (Wildman–Crippen MR) is 151 cm³/mol. The van der Waals surface area contributed by atoms with E-state index in [0.29, 0.717) is 18.4 Å². The number of carbonyl (C=O) groups excluding carboxylic acids is 1. The topological polar surface area (TPSA) is 55.7 Å². The van der Waals surface area contributed by atoms with Gasteiger partial charge in [0.25, 0.3) is 5.91 Å². The molecule has 0 aliphatic carbocycles. The van der Waals surface area contributed by atoms with E-state index in [1.807, 2.05) is 48.7 Å². The van der Waals surface area contributed by atoms with E-state index >= 15 is 0 Å². The largest absolute Gasteiger partial charge is 0.495 e. The summed E-state index contributed by atoms with van der Waals surface area (Å²) in [6.45, 7) is 9.78. The molecule has 2 heterocycles. The molecule has 1 fully saturated rings. The Morgan fingerprint density at radius 3 is 2.57 bits per heavy atom. The fourth-order valence-electron chi connectivity index (χ4n) is 5.08. The summed E-state index contributed by atoms with van der Waals surface area (Å²) in [6.07, 6.45) is 6.54. The molecule has 1 saturated heterocycles. The average Bonchev–Trinajstić information content (AvgIpc) is 3.28. The molecule has 0 bridgehead atoms. The van der Waals surface area contributed by atoms with Crippen molar-refractivity contribution >= 4 is 28.4 Å². The summed E-state index contributed by atoms with van der Waals surface area (Å²) < 4.78 is 13.7. The lowest BCUT2D eigenvalue weighted by atomic mass is 9.94. The van der Waals surface area contributed by atoms with Gasteiger partial charge in [-0.05, 0) is 87.5 Å². The first kappa shape index (κ1) is 27.3. The number of ether oxygens (including phenoxy) is 2. The number of likely N-dealkylation sites (tertiary alicyclic amines) is 1. The van der Waals surface area contributed by atoms with E-state index < -0.39 is 0 Å². The van der Waals surface area contributed by atoms with Gasteiger partial charge in [-0.25, -0.2) is 0 Å². The summed E-state index contributed by atoms with van der Waals surface area (Å²) in [5, 5.41) is 4.74. The molecule has 1 N–H and O–H groups in total. The normalized spacial score (nSPS) is 14.8. The Kier molecular flexibility index (Phi) is 9.75. The number of para-hydroxylation sites is 1. The molecule has 3 aromatic rings. The molecule has 7 heteroatoms. The zero-order valence-electron chi connectivity index (χ0n) is 22.3. The standard InChI is InChI=1S/C30H40ClN3O3/c1-22(2)20-32-30(35)27-21-34(29-26(27)6-4-7-28(29)36-3)16-5-15-33-17-12-23(13-18-33)14-19-37-25-10-8-24(31)9-11-25/h4,6-11,21-23H,5,12-20H2,1-3H3,(H,32,35). The third kappa shape index (κ3) is 7.42. The van der Waals surface area contributed by atoms with E-state index in [1.54, 1.807) is 7.11 Å². The van der Waals surface area contributed by atoms with Crippen LogP contribution in [0.1, 0.15) is 49.9 Å². The van der Waals surface area contributed by atoms with Crippen LogP contribution in [0.15, 0.2) is 48.7 Å². The Bertz CT molecular complexity index is 1150. The summed E-state index contributed by atoms with van der Waals surface area (Å²) in [4.78, 5) is 15.5. The molecule has 200 valence electrons. The molecule has 1 aromatic heterocycles. The summed E-state index contributed by atoms with van der Waals surface area (Å²) in [5.41, 5.74) is 1.72. The molecule has 0 spiro atoms. The quantitative estimate of drug-likeness (QED) is 0.303. The van der Waals surface area contributed by atoms with Crippen molar-refractivity contribution in [2.45, 2.75) is 46.1 Å². The number of methoxy groups -OCH3 is 1. The summed E-state index contributed by atoms with van der Waals surface area (Å²) in [7, 11) is 1.69. The van der Waals surface area contributed by atoms with Gasteiger partial charge >= 0.3 is 0 Å². The van der Waals surface area contributed by atoms with Crippen LogP contribution in [-0.4, -0.2) is 55.3 Å². The molecule has 1 aliphatic rings. The van der Waals surface area contributed by atoms with Crippen LogP contribution in [-0.2, 0) is 6.54 Å². The number of aromatic nitrogens is 1. The number of rotatable bonds is 12. The fraction of sp³-hybridized carbons (Fsp3) is 0.500. The monoisotopic (exact) mass is 525 g/mol. The Hall–Kier alpha value is -2.70. The molecule has 6 nitrogen and oxygen atoms in total. The molecular weight excluding hydrogens is 486 g/mol. The number of nitrogens with zero attached hydrogens (tertiary/aromatic N) is 2. The highest BCUT2D eigenvalue weighted by Gasteiger charge is 2.20. The number of fused-ring (bicyclic) bond motifs is 1. The number of hydrogen-bond acceptors (Lipinski definition) is 4. The second-order valence-corrected chi connectivity index (χ2v) is 10.9. The summed E-state index contributed by atoms with van der Waals surface area (Å²) in [5.74, 6) is 2.80. The number of benzene rings is 2. The van der Waals surface area contributed by atoms with Crippen LogP contribution in [0, 0.1) is 11.8 Å². The third-order valence-corrected chi connectivity index (χ3v) is 7.44. The molecule has 4 rings (SSSR count). The number of carbonyl (C=O) groups is 1. The number of halogens is 1. The lowest BCUT2D eigenvalue weighted by Crippen LogP contribution is -2.35. The number of amides is 1. The van der Waals surface area contributed by atoms with Gasteiger partial charge in [0, 0.05) is 29.7 Å². The Balaban J connectivity index is 1.26. The van der Waals surface area contributed by atoms with Gasteiger partial charge in [0.05, 0.1) is 24.8 Å². The smallest absolute Gasteiger partial charge is 0.253 e. The first-order valence-corrected chi connectivity index (χ1v) is 13.9. The molecule has 37 heavy (non-hydrogen) atoms. The van der Waals surface area contributed by atoms with E-state index in [-0.39, 0.29) is 5.91 Å². The maximum Gasteiger partial charge on any atom is 0.253 e. The van der Waals surface area contributed by atoms with E-state index in [4.69, 9.17) is 21.1 Å². The SMILES string of the molecule is COc1cccc2c(C(=O)NCC(C)C)cn(CCCN3CCC(CCOc4ccc(Cl)cc4)CC3)c12. The lowest BCUT2D eigenvalue weighted by Gasteiger charge is -2.32. The fourth-order valence-corrected chi connectivity index (χ4v) is 5.20. The van der Waals surface area contributed by atoms with Crippen molar-refractivity contribution in [1.29, 1.82) is 0 Å². The highest BCUT2D eigenvalue weighted by molar-refractivity contribution is 6.30. The van der Waals surface area contributed by atoms with Gasteiger partial charge in [-0.3, -0.25) is 4.79 Å². The van der Waals surface area contributed by atoms with Gasteiger partial charge in [0.1, 0.15) is 11.5 Å². The van der Waals surface area contributed by atoms with Crippen LogP contribution in [0.4, 0.5) is 0 Å². The second kappa shape index (κ2) is 13.2. The van der Waals surface area contributed by atoms with Crippen molar-refractivity contribution in [2.75, 3.05) is 39.9 Å². The average molecular weight is 526 g/mol. The molecule has 0 atom stereocenters. The highest BCUT2D eigenvalue weighted by atomic mass is 35.5. The number of nitrogens with one attached hydrogen (secondary N) is 1. The van der Waals surface area contributed by atoms with Crippen LogP contribution in [0.5, 0.6) is 11.5 Å². The second-order valence-electron chi connectivity index (χ2n) is 10.4. The molecule has 0 saturated carbocycles. The van der Waals surface area contributed by atoms with E-state index in [9.17, 15) is 4.79 Å². The van der Waals surface area contributed by atoms with Crippen LogP contribution in [0.3, 0.4) is 0 Å². The Labute approximate surface area is 225 Å². The van der Waals surface area contributed by atoms with E-state index in [2.05, 4.69) is 28.6 Å². The molecule has 0 unspecified atom stereocenters. The van der Waals surface area contributed by atoms with Gasteiger partial charge in [-0.2, -0.15) is 0 Å². The molecule has 1 amide bonds. The number of hydrogen-bond donors (Lipinski definition) is 1. The lowest BCUT2D eigenvalue weighted by molar-refractivity contribution is 0.0950. The highest BCUT2D eigenvalue weighted by Crippen LogP contribution is 2.30. The van der Waals surface area contributed by atoms with Crippen molar-refractivity contribution in [3.8, 4) is 11.5 Å². The van der Waals surface area contributed by atoms with Gasteiger partial charge in [-0.15, -0.1) is 0 Å². The minimum atomic E-state index is -0.0205. The minimum absolute atomic E-state index is 0.0205. The third-order valence-electron chi connectivity index (χ3n) is 7.19. The number of piperidine rings is 1. The zero-order valence-corrected chi connectivity index (χ0v) is 23.1. The minimum Gasteiger partial charge on any atom is -0.495 e. The van der Waals surface area contributed by atoms with Crippen molar-refractivity contribution in [3.05, 3.63) is 59.2 Å². The van der Waals surface area contributed by atoms with Crippen molar-refractivity contribution in [2.24, 2.45) is 11.8 Å². The zero-order chi connectivity index (χ0) is 26.2. The van der Waals surface area contributed by atoms with Crippen molar-refractivity contribution in [1.82, 2.24) is 14.8 Å². The summed E-state index contributed by atoms with van der Waals surface area (Å²) >= 11 is 5.94. The van der Waals surface area contributed by atoms with Gasteiger partial charge in [0.15, 0.2) is 0 Å². The maximum absolute atomic E-state index is 12.9. The van der Waals surface area contributed by atoms with Crippen LogP contribution in [0.2, 0.25) is 5.02 Å². The van der Waals surface area contributed by atoms with Gasteiger partial charge in [0.2, 0.25) is 0 Å². The first-order chi connectivity index (χ1) is 17.9. The maximum atomic E-state index is 12.9. The molecular formula is C30H40ClN3O3. The molecule has 2 aromatic carbocycles. The molecule has 0 radical (unpaired) electrons. The van der Waals surface area contributed by atoms with Crippen LogP contribution >= 0.6 is 11.6 Å². The van der Waals surface area contributed by atoms with Crippen LogP contribution in [0.25, 0.3) is 10.9 Å². The van der Waals surface area contributed by atoms with Gasteiger partial charge in [-0.1, -0.05) is 37.6 Å². The van der Waals surface area contributed by atoms with Crippen molar-refractivity contribution < 1.29 is 14.3 Å². The van der Waals surface area contributed by atoms with Crippen molar-refractivity contribution in [3.63, 3.8) is 0 Å². The first-order valence-electron chi connectivity index (χ1n) is 13.5.